The minimum Gasteiger partial charge on any atom is -0.352 e. The van der Waals surface area contributed by atoms with Crippen molar-refractivity contribution in [1.29, 1.82) is 0 Å². The fourth-order valence-corrected chi connectivity index (χ4v) is 5.56. The van der Waals surface area contributed by atoms with Crippen molar-refractivity contribution in [1.82, 2.24) is 10.2 Å². The fourth-order valence-electron chi connectivity index (χ4n) is 4.01. The standard InChI is InChI=1S/C28H30BrCl2N3O4S/c1-19(2)32-28(36)26(15-20-8-5-4-6-9-20)33(17-21-12-13-24(30)25(31)14-21)27(35)18-34(39(3,37)38)23-11-7-10-22(29)16-23/h4-14,16,19,26H,15,17-18H2,1-3H3,(H,32,36). The first-order chi connectivity index (χ1) is 18.3. The summed E-state index contributed by atoms with van der Waals surface area (Å²) >= 11 is 15.7. The summed E-state index contributed by atoms with van der Waals surface area (Å²) in [5.41, 5.74) is 1.81. The molecule has 208 valence electrons. The van der Waals surface area contributed by atoms with Crippen molar-refractivity contribution < 1.29 is 18.0 Å². The van der Waals surface area contributed by atoms with Crippen LogP contribution in [0, 0.1) is 0 Å². The Bertz CT molecular complexity index is 1420. The predicted molar refractivity (Wildman–Crippen MR) is 161 cm³/mol. The van der Waals surface area contributed by atoms with Crippen LogP contribution in [0.25, 0.3) is 0 Å². The molecule has 1 atom stereocenters. The third kappa shape index (κ3) is 8.96. The molecule has 3 rings (SSSR count). The number of carbonyl (C=O) groups is 2. The molecule has 7 nitrogen and oxygen atoms in total. The van der Waals surface area contributed by atoms with Crippen LogP contribution in [0.3, 0.4) is 0 Å². The summed E-state index contributed by atoms with van der Waals surface area (Å²) in [7, 11) is -3.85. The second-order valence-electron chi connectivity index (χ2n) is 9.39. The highest BCUT2D eigenvalue weighted by atomic mass is 79.9. The SMILES string of the molecule is CC(C)NC(=O)C(Cc1ccccc1)N(Cc1ccc(Cl)c(Cl)c1)C(=O)CN(c1cccc(Br)c1)S(C)(=O)=O. The molecule has 0 radical (unpaired) electrons. The molecule has 39 heavy (non-hydrogen) atoms. The van der Waals surface area contributed by atoms with Gasteiger partial charge in [-0.3, -0.25) is 13.9 Å². The Balaban J connectivity index is 2.07. The summed E-state index contributed by atoms with van der Waals surface area (Å²) in [6.07, 6.45) is 1.26. The van der Waals surface area contributed by atoms with Gasteiger partial charge in [-0.1, -0.05) is 81.6 Å². The molecular weight excluding hydrogens is 625 g/mol. The van der Waals surface area contributed by atoms with Gasteiger partial charge >= 0.3 is 0 Å². The predicted octanol–water partition coefficient (Wildman–Crippen LogP) is 5.69. The summed E-state index contributed by atoms with van der Waals surface area (Å²) in [6, 6.07) is 19.9. The summed E-state index contributed by atoms with van der Waals surface area (Å²) in [5, 5.41) is 3.57. The monoisotopic (exact) mass is 653 g/mol. The van der Waals surface area contributed by atoms with Gasteiger partial charge in [-0.25, -0.2) is 8.42 Å². The fraction of sp³-hybridized carbons (Fsp3) is 0.286. The lowest BCUT2D eigenvalue weighted by molar-refractivity contribution is -0.140. The number of nitrogens with zero attached hydrogens (tertiary/aromatic N) is 2. The minimum atomic E-state index is -3.85. The number of hydrogen-bond acceptors (Lipinski definition) is 4. The molecule has 3 aromatic carbocycles. The maximum absolute atomic E-state index is 14.0. The number of nitrogens with one attached hydrogen (secondary N) is 1. The number of sulfonamides is 1. The summed E-state index contributed by atoms with van der Waals surface area (Å²) in [5.74, 6) is -0.901. The van der Waals surface area contributed by atoms with Crippen molar-refractivity contribution in [3.63, 3.8) is 0 Å². The highest BCUT2D eigenvalue weighted by Crippen LogP contribution is 2.26. The van der Waals surface area contributed by atoms with Gasteiger partial charge in [0.2, 0.25) is 21.8 Å². The number of hydrogen-bond donors (Lipinski definition) is 1. The van der Waals surface area contributed by atoms with E-state index in [1.807, 2.05) is 44.2 Å². The van der Waals surface area contributed by atoms with Crippen molar-refractivity contribution in [2.45, 2.75) is 38.9 Å². The number of halogens is 3. The first kappa shape index (κ1) is 30.9. The zero-order valence-electron chi connectivity index (χ0n) is 21.8. The Labute approximate surface area is 248 Å². The van der Waals surface area contributed by atoms with Crippen molar-refractivity contribution in [2.75, 3.05) is 17.1 Å². The molecule has 0 bridgehead atoms. The Morgan fingerprint density at radius 2 is 1.62 bits per heavy atom. The maximum Gasteiger partial charge on any atom is 0.244 e. The van der Waals surface area contributed by atoms with Crippen LogP contribution in [0.4, 0.5) is 5.69 Å². The molecule has 0 spiro atoms. The van der Waals surface area contributed by atoms with Crippen molar-refractivity contribution in [3.05, 3.63) is 98.4 Å². The number of amides is 2. The summed E-state index contributed by atoms with van der Waals surface area (Å²) in [4.78, 5) is 28.9. The van der Waals surface area contributed by atoms with Gasteiger partial charge in [0.15, 0.2) is 0 Å². The molecule has 0 fully saturated rings. The van der Waals surface area contributed by atoms with Crippen LogP contribution in [0.1, 0.15) is 25.0 Å². The number of benzene rings is 3. The van der Waals surface area contributed by atoms with E-state index in [2.05, 4.69) is 21.2 Å². The molecule has 3 aromatic rings. The summed E-state index contributed by atoms with van der Waals surface area (Å²) in [6.45, 7) is 3.17. The number of anilines is 1. The van der Waals surface area contributed by atoms with Gasteiger partial charge in [0.1, 0.15) is 12.6 Å². The van der Waals surface area contributed by atoms with E-state index in [1.54, 1.807) is 42.5 Å². The van der Waals surface area contributed by atoms with E-state index in [4.69, 9.17) is 23.2 Å². The molecule has 0 saturated carbocycles. The van der Waals surface area contributed by atoms with E-state index < -0.39 is 28.5 Å². The Hall–Kier alpha value is -2.59. The molecule has 11 heteroatoms. The third-order valence-electron chi connectivity index (χ3n) is 5.81. The molecule has 0 aliphatic rings. The van der Waals surface area contributed by atoms with Gasteiger partial charge in [-0.2, -0.15) is 0 Å². The van der Waals surface area contributed by atoms with Gasteiger partial charge in [-0.15, -0.1) is 0 Å². The molecule has 1 unspecified atom stereocenters. The van der Waals surface area contributed by atoms with E-state index in [0.29, 0.717) is 25.8 Å². The zero-order chi connectivity index (χ0) is 28.7. The van der Waals surface area contributed by atoms with E-state index in [1.165, 1.54) is 4.90 Å². The van der Waals surface area contributed by atoms with Crippen molar-refractivity contribution in [2.24, 2.45) is 0 Å². The zero-order valence-corrected chi connectivity index (χ0v) is 25.7. The highest BCUT2D eigenvalue weighted by molar-refractivity contribution is 9.10. The van der Waals surface area contributed by atoms with E-state index in [9.17, 15) is 18.0 Å². The highest BCUT2D eigenvalue weighted by Gasteiger charge is 2.33. The van der Waals surface area contributed by atoms with Gasteiger partial charge in [0, 0.05) is 23.5 Å². The number of rotatable bonds is 11. The molecule has 0 aliphatic carbocycles. The average molecular weight is 655 g/mol. The van der Waals surface area contributed by atoms with Crippen LogP contribution in [-0.4, -0.2) is 50.0 Å². The largest absolute Gasteiger partial charge is 0.352 e. The first-order valence-electron chi connectivity index (χ1n) is 12.2. The Kier molecular flexibility index (Phi) is 10.8. The minimum absolute atomic E-state index is 0.00875. The van der Waals surface area contributed by atoms with Crippen LogP contribution in [0.15, 0.2) is 77.3 Å². The van der Waals surface area contributed by atoms with Crippen LogP contribution in [0.2, 0.25) is 10.0 Å². The molecule has 0 heterocycles. The van der Waals surface area contributed by atoms with Gasteiger partial charge < -0.3 is 10.2 Å². The Morgan fingerprint density at radius 3 is 2.21 bits per heavy atom. The summed E-state index contributed by atoms with van der Waals surface area (Å²) < 4.78 is 27.3. The van der Waals surface area contributed by atoms with E-state index >= 15 is 0 Å². The molecule has 0 aromatic heterocycles. The second-order valence-corrected chi connectivity index (χ2v) is 13.0. The van der Waals surface area contributed by atoms with Crippen LogP contribution in [-0.2, 0) is 32.6 Å². The molecule has 1 N–H and O–H groups in total. The average Bonchev–Trinajstić information content (AvgIpc) is 2.86. The van der Waals surface area contributed by atoms with Gasteiger partial charge in [-0.05, 0) is 55.3 Å². The van der Waals surface area contributed by atoms with Gasteiger partial charge in [0.25, 0.3) is 0 Å². The van der Waals surface area contributed by atoms with Crippen LogP contribution < -0.4 is 9.62 Å². The van der Waals surface area contributed by atoms with Crippen LogP contribution >= 0.6 is 39.1 Å². The van der Waals surface area contributed by atoms with Crippen LogP contribution in [0.5, 0.6) is 0 Å². The molecular formula is C28H30BrCl2N3O4S. The van der Waals surface area contributed by atoms with Gasteiger partial charge in [0.05, 0.1) is 22.0 Å². The van der Waals surface area contributed by atoms with E-state index in [0.717, 1.165) is 16.1 Å². The number of carbonyl (C=O) groups excluding carboxylic acids is 2. The lowest BCUT2D eigenvalue weighted by atomic mass is 10.0. The lowest BCUT2D eigenvalue weighted by Gasteiger charge is -2.34. The quantitative estimate of drug-likeness (QED) is 0.288. The smallest absolute Gasteiger partial charge is 0.244 e. The lowest BCUT2D eigenvalue weighted by Crippen LogP contribution is -2.54. The molecule has 0 aliphatic heterocycles. The first-order valence-corrected chi connectivity index (χ1v) is 15.6. The van der Waals surface area contributed by atoms with Crippen molar-refractivity contribution >= 4 is 66.7 Å². The topological polar surface area (TPSA) is 86.8 Å². The Morgan fingerprint density at radius 1 is 0.923 bits per heavy atom. The van der Waals surface area contributed by atoms with E-state index in [-0.39, 0.29) is 24.9 Å². The normalized spacial score (nSPS) is 12.2. The third-order valence-corrected chi connectivity index (χ3v) is 8.19. The maximum atomic E-state index is 14.0. The molecule has 0 saturated heterocycles. The van der Waals surface area contributed by atoms with Crippen molar-refractivity contribution in [3.8, 4) is 0 Å². The second kappa shape index (κ2) is 13.7. The molecule has 2 amide bonds.